The maximum Gasteiger partial charge on any atom is 0.333 e. The van der Waals surface area contributed by atoms with E-state index < -0.39 is 5.69 Å². The van der Waals surface area contributed by atoms with Crippen molar-refractivity contribution in [2.24, 2.45) is 0 Å². The summed E-state index contributed by atoms with van der Waals surface area (Å²) in [6, 6.07) is 17.0. The summed E-state index contributed by atoms with van der Waals surface area (Å²) in [6.07, 6.45) is 1.55. The monoisotopic (exact) mass is 375 g/mol. The minimum absolute atomic E-state index is 0.173. The summed E-state index contributed by atoms with van der Waals surface area (Å²) < 4.78 is 15.9. The van der Waals surface area contributed by atoms with Crippen LogP contribution < -0.4 is 11.2 Å². The second-order valence-electron chi connectivity index (χ2n) is 6.75. The van der Waals surface area contributed by atoms with Crippen LogP contribution in [0.1, 0.15) is 16.7 Å². The molecular formula is C22H18FN3O2. The first-order chi connectivity index (χ1) is 13.5. The predicted octanol–water partition coefficient (Wildman–Crippen LogP) is 3.10. The fourth-order valence-electron chi connectivity index (χ4n) is 3.18. The molecule has 0 amide bonds. The van der Waals surface area contributed by atoms with Crippen LogP contribution in [-0.2, 0) is 13.1 Å². The number of benzene rings is 2. The molecule has 0 unspecified atom stereocenters. The molecule has 28 heavy (non-hydrogen) atoms. The normalized spacial score (nSPS) is 11.1. The average molecular weight is 375 g/mol. The Labute approximate surface area is 160 Å². The van der Waals surface area contributed by atoms with Crippen LogP contribution in [0.2, 0.25) is 0 Å². The zero-order valence-corrected chi connectivity index (χ0v) is 15.3. The van der Waals surface area contributed by atoms with Crippen molar-refractivity contribution in [2.45, 2.75) is 20.0 Å². The molecule has 0 N–H and O–H groups in total. The van der Waals surface area contributed by atoms with Gasteiger partial charge in [-0.3, -0.25) is 13.9 Å². The Morgan fingerprint density at radius 3 is 2.14 bits per heavy atom. The maximum absolute atomic E-state index is 13.2. The Hall–Kier alpha value is -3.54. The van der Waals surface area contributed by atoms with E-state index in [9.17, 15) is 14.0 Å². The fourth-order valence-corrected chi connectivity index (χ4v) is 3.18. The van der Waals surface area contributed by atoms with Gasteiger partial charge in [0.15, 0.2) is 0 Å². The SMILES string of the molecule is Cc1ccc(Cn2c(=O)c3cccnc3n(Cc3ccc(F)cc3)c2=O)cc1. The minimum Gasteiger partial charge on any atom is -0.273 e. The zero-order chi connectivity index (χ0) is 19.7. The Kier molecular flexibility index (Phi) is 4.61. The van der Waals surface area contributed by atoms with Crippen LogP contribution in [0.25, 0.3) is 11.0 Å². The lowest BCUT2D eigenvalue weighted by Crippen LogP contribution is -2.40. The van der Waals surface area contributed by atoms with Crippen molar-refractivity contribution >= 4 is 11.0 Å². The summed E-state index contributed by atoms with van der Waals surface area (Å²) in [5.41, 5.74) is 2.22. The Bertz CT molecular complexity index is 1260. The second-order valence-corrected chi connectivity index (χ2v) is 6.75. The number of fused-ring (bicyclic) bond motifs is 1. The molecule has 0 saturated heterocycles. The molecule has 2 aromatic heterocycles. The van der Waals surface area contributed by atoms with Gasteiger partial charge in [0.1, 0.15) is 11.5 Å². The third-order valence-electron chi connectivity index (χ3n) is 4.69. The molecule has 2 aromatic carbocycles. The van der Waals surface area contributed by atoms with Crippen LogP contribution in [-0.4, -0.2) is 14.1 Å². The molecule has 2 heterocycles. The Balaban J connectivity index is 1.88. The molecule has 0 spiro atoms. The molecule has 0 atom stereocenters. The zero-order valence-electron chi connectivity index (χ0n) is 15.3. The number of hydrogen-bond acceptors (Lipinski definition) is 3. The van der Waals surface area contributed by atoms with Crippen LogP contribution in [0.15, 0.2) is 76.4 Å². The van der Waals surface area contributed by atoms with E-state index in [-0.39, 0.29) is 24.5 Å². The number of nitrogens with zero attached hydrogens (tertiary/aromatic N) is 3. The lowest BCUT2D eigenvalue weighted by Gasteiger charge is -2.13. The summed E-state index contributed by atoms with van der Waals surface area (Å²) in [6.45, 7) is 2.35. The van der Waals surface area contributed by atoms with Gasteiger partial charge in [0.25, 0.3) is 5.56 Å². The highest BCUT2D eigenvalue weighted by Crippen LogP contribution is 2.10. The van der Waals surface area contributed by atoms with E-state index in [1.165, 1.54) is 21.3 Å². The lowest BCUT2D eigenvalue weighted by atomic mass is 10.1. The van der Waals surface area contributed by atoms with Crippen LogP contribution in [0.5, 0.6) is 0 Å². The molecule has 4 aromatic rings. The number of aryl methyl sites for hydroxylation is 1. The van der Waals surface area contributed by atoms with Crippen molar-refractivity contribution < 1.29 is 4.39 Å². The number of pyridine rings is 1. The first-order valence-corrected chi connectivity index (χ1v) is 8.91. The summed E-state index contributed by atoms with van der Waals surface area (Å²) >= 11 is 0. The van der Waals surface area contributed by atoms with Gasteiger partial charge in [-0.2, -0.15) is 0 Å². The van der Waals surface area contributed by atoms with Crippen molar-refractivity contribution in [1.29, 1.82) is 0 Å². The van der Waals surface area contributed by atoms with Crippen LogP contribution in [0.4, 0.5) is 4.39 Å². The second kappa shape index (κ2) is 7.23. The molecule has 4 rings (SSSR count). The van der Waals surface area contributed by atoms with Crippen molar-refractivity contribution in [2.75, 3.05) is 0 Å². The van der Waals surface area contributed by atoms with E-state index in [0.29, 0.717) is 11.0 Å². The number of halogens is 1. The smallest absolute Gasteiger partial charge is 0.273 e. The molecule has 0 radical (unpaired) electrons. The third kappa shape index (κ3) is 3.36. The quantitative estimate of drug-likeness (QED) is 0.551. The standard InChI is InChI=1S/C22H18FN3O2/c1-15-4-6-16(7-5-15)14-26-21(27)19-3-2-12-24-20(19)25(22(26)28)13-17-8-10-18(23)11-9-17/h2-12H,13-14H2,1H3. The molecule has 140 valence electrons. The van der Waals surface area contributed by atoms with Crippen LogP contribution >= 0.6 is 0 Å². The van der Waals surface area contributed by atoms with Gasteiger partial charge in [-0.25, -0.2) is 14.2 Å². The van der Waals surface area contributed by atoms with Crippen molar-refractivity contribution in [3.8, 4) is 0 Å². The molecule has 0 aliphatic heterocycles. The summed E-state index contributed by atoms with van der Waals surface area (Å²) in [5.74, 6) is -0.344. The highest BCUT2D eigenvalue weighted by molar-refractivity contribution is 5.73. The molecular weight excluding hydrogens is 357 g/mol. The van der Waals surface area contributed by atoms with Crippen molar-refractivity contribution in [1.82, 2.24) is 14.1 Å². The fraction of sp³-hybridized carbons (Fsp3) is 0.136. The van der Waals surface area contributed by atoms with Crippen LogP contribution in [0.3, 0.4) is 0 Å². The van der Waals surface area contributed by atoms with E-state index in [0.717, 1.165) is 16.7 Å². The van der Waals surface area contributed by atoms with E-state index in [2.05, 4.69) is 4.98 Å². The Morgan fingerprint density at radius 2 is 1.46 bits per heavy atom. The molecule has 5 nitrogen and oxygen atoms in total. The van der Waals surface area contributed by atoms with Gasteiger partial charge in [-0.05, 0) is 42.3 Å². The molecule has 0 bridgehead atoms. The highest BCUT2D eigenvalue weighted by atomic mass is 19.1. The topological polar surface area (TPSA) is 56.9 Å². The molecule has 0 aliphatic rings. The first-order valence-electron chi connectivity index (χ1n) is 8.91. The van der Waals surface area contributed by atoms with Gasteiger partial charge in [-0.1, -0.05) is 42.0 Å². The first kappa shape index (κ1) is 17.9. The average Bonchev–Trinajstić information content (AvgIpc) is 2.71. The van der Waals surface area contributed by atoms with Gasteiger partial charge >= 0.3 is 5.69 Å². The highest BCUT2D eigenvalue weighted by Gasteiger charge is 2.14. The minimum atomic E-state index is -0.443. The van der Waals surface area contributed by atoms with Gasteiger partial charge in [-0.15, -0.1) is 0 Å². The largest absolute Gasteiger partial charge is 0.333 e. The maximum atomic E-state index is 13.2. The summed E-state index contributed by atoms with van der Waals surface area (Å²) in [5, 5.41) is 0.372. The van der Waals surface area contributed by atoms with E-state index in [1.54, 1.807) is 30.5 Å². The summed E-state index contributed by atoms with van der Waals surface area (Å²) in [7, 11) is 0. The van der Waals surface area contributed by atoms with Gasteiger partial charge in [0, 0.05) is 6.20 Å². The molecule has 0 saturated carbocycles. The molecule has 0 fully saturated rings. The number of aromatic nitrogens is 3. The van der Waals surface area contributed by atoms with Gasteiger partial charge in [0.2, 0.25) is 0 Å². The van der Waals surface area contributed by atoms with E-state index in [1.807, 2.05) is 31.2 Å². The lowest BCUT2D eigenvalue weighted by molar-refractivity contribution is 0.619. The van der Waals surface area contributed by atoms with Crippen molar-refractivity contribution in [3.63, 3.8) is 0 Å². The van der Waals surface area contributed by atoms with Crippen molar-refractivity contribution in [3.05, 3.63) is 110 Å². The van der Waals surface area contributed by atoms with E-state index >= 15 is 0 Å². The van der Waals surface area contributed by atoms with Gasteiger partial charge < -0.3 is 0 Å². The summed E-state index contributed by atoms with van der Waals surface area (Å²) in [4.78, 5) is 30.3. The number of rotatable bonds is 4. The van der Waals surface area contributed by atoms with Gasteiger partial charge in [0.05, 0.1) is 18.5 Å². The van der Waals surface area contributed by atoms with Crippen LogP contribution in [0, 0.1) is 12.7 Å². The molecule has 6 heteroatoms. The molecule has 0 aliphatic carbocycles. The van der Waals surface area contributed by atoms with E-state index in [4.69, 9.17) is 0 Å². The Morgan fingerprint density at radius 1 is 0.857 bits per heavy atom. The number of hydrogen-bond donors (Lipinski definition) is 0. The predicted molar refractivity (Wildman–Crippen MR) is 106 cm³/mol. The third-order valence-corrected chi connectivity index (χ3v) is 4.69.